The Labute approximate surface area is 124 Å². The first-order valence-electron chi connectivity index (χ1n) is 6.88. The van der Waals surface area contributed by atoms with Gasteiger partial charge in [-0.1, -0.05) is 42.5 Å². The number of rotatable bonds is 2. The van der Waals surface area contributed by atoms with E-state index in [0.29, 0.717) is 17.8 Å². The molecule has 4 rings (SSSR count). The summed E-state index contributed by atoms with van der Waals surface area (Å²) in [6.45, 7) is 0.566. The van der Waals surface area contributed by atoms with Crippen molar-refractivity contribution < 1.29 is 0 Å². The maximum absolute atomic E-state index is 12.2. The number of hydrogen-bond donors (Lipinski definition) is 1. The van der Waals surface area contributed by atoms with Gasteiger partial charge in [0.25, 0.3) is 0 Å². The fourth-order valence-corrected chi connectivity index (χ4v) is 2.70. The average Bonchev–Trinajstić information content (AvgIpc) is 2.87. The number of benzene rings is 2. The summed E-state index contributed by atoms with van der Waals surface area (Å²) in [7, 11) is 0. The molecule has 1 N–H and O–H groups in total. The molecule has 108 valence electrons. The molecule has 0 spiro atoms. The average molecular weight is 292 g/mol. The summed E-state index contributed by atoms with van der Waals surface area (Å²) in [4.78, 5) is 23.8. The van der Waals surface area contributed by atoms with E-state index in [2.05, 4.69) is 10.2 Å². The van der Waals surface area contributed by atoms with E-state index in [1.807, 2.05) is 59.2 Å². The molecule has 0 aliphatic heterocycles. The molecule has 22 heavy (non-hydrogen) atoms. The molecule has 6 heteroatoms. The van der Waals surface area contributed by atoms with E-state index in [9.17, 15) is 9.59 Å². The molecule has 0 bridgehead atoms. The standard InChI is InChI=1S/C16H12N4O2/c21-14-15(22)20-13-9-5-4-8-12(13)19(16(20)18-17-14)10-11-6-2-1-3-7-11/h1-9H,10H2,(H,17,21). The number of fused-ring (bicyclic) bond motifs is 3. The summed E-state index contributed by atoms with van der Waals surface area (Å²) in [6.07, 6.45) is 0. The topological polar surface area (TPSA) is 72.2 Å². The van der Waals surface area contributed by atoms with E-state index in [1.165, 1.54) is 4.40 Å². The Balaban J connectivity index is 2.10. The third-order valence-corrected chi connectivity index (χ3v) is 3.69. The molecule has 6 nitrogen and oxygen atoms in total. The molecule has 0 aliphatic carbocycles. The van der Waals surface area contributed by atoms with E-state index < -0.39 is 11.1 Å². The summed E-state index contributed by atoms with van der Waals surface area (Å²) < 4.78 is 3.28. The third-order valence-electron chi connectivity index (χ3n) is 3.69. The van der Waals surface area contributed by atoms with Crippen molar-refractivity contribution in [1.29, 1.82) is 0 Å². The minimum Gasteiger partial charge on any atom is -0.304 e. The maximum atomic E-state index is 12.2. The van der Waals surface area contributed by atoms with Crippen molar-refractivity contribution in [3.8, 4) is 0 Å². The molecular weight excluding hydrogens is 280 g/mol. The SMILES string of the molecule is O=c1[nH]nc2n(Cc3ccccc3)c3ccccc3n2c1=O. The van der Waals surface area contributed by atoms with Crippen LogP contribution in [0.3, 0.4) is 0 Å². The van der Waals surface area contributed by atoms with Crippen molar-refractivity contribution in [3.63, 3.8) is 0 Å². The molecule has 2 heterocycles. The highest BCUT2D eigenvalue weighted by Crippen LogP contribution is 2.18. The van der Waals surface area contributed by atoms with Crippen LogP contribution in [0.4, 0.5) is 0 Å². The second kappa shape index (κ2) is 4.70. The van der Waals surface area contributed by atoms with Crippen molar-refractivity contribution in [3.05, 3.63) is 80.9 Å². The zero-order valence-corrected chi connectivity index (χ0v) is 11.6. The molecule has 0 amide bonds. The van der Waals surface area contributed by atoms with Crippen LogP contribution in [-0.4, -0.2) is 19.2 Å². The molecule has 0 saturated heterocycles. The van der Waals surface area contributed by atoms with Gasteiger partial charge in [-0.3, -0.25) is 9.59 Å². The summed E-state index contributed by atoms with van der Waals surface area (Å²) in [6, 6.07) is 17.4. The summed E-state index contributed by atoms with van der Waals surface area (Å²) in [5.74, 6) is 0.426. The number of H-pyrrole nitrogens is 1. The van der Waals surface area contributed by atoms with Crippen LogP contribution in [0.25, 0.3) is 16.8 Å². The van der Waals surface area contributed by atoms with Gasteiger partial charge in [0.1, 0.15) is 0 Å². The third kappa shape index (κ3) is 1.77. The van der Waals surface area contributed by atoms with Crippen molar-refractivity contribution >= 4 is 16.8 Å². The first-order valence-corrected chi connectivity index (χ1v) is 6.88. The summed E-state index contributed by atoms with van der Waals surface area (Å²) >= 11 is 0. The highest BCUT2D eigenvalue weighted by molar-refractivity contribution is 5.80. The largest absolute Gasteiger partial charge is 0.330 e. The van der Waals surface area contributed by atoms with Gasteiger partial charge in [0.15, 0.2) is 0 Å². The molecule has 0 unspecified atom stereocenters. The van der Waals surface area contributed by atoms with Gasteiger partial charge >= 0.3 is 11.1 Å². The first-order chi connectivity index (χ1) is 10.8. The number of aromatic nitrogens is 4. The molecule has 0 radical (unpaired) electrons. The predicted octanol–water partition coefficient (Wildman–Crippen LogP) is 1.39. The summed E-state index contributed by atoms with van der Waals surface area (Å²) in [5.41, 5.74) is 1.28. The van der Waals surface area contributed by atoms with Crippen LogP contribution in [0.2, 0.25) is 0 Å². The van der Waals surface area contributed by atoms with Crippen molar-refractivity contribution in [2.24, 2.45) is 0 Å². The van der Waals surface area contributed by atoms with E-state index in [0.717, 1.165) is 11.1 Å². The molecule has 0 saturated carbocycles. The normalized spacial score (nSPS) is 11.3. The van der Waals surface area contributed by atoms with Gasteiger partial charge in [0, 0.05) is 0 Å². The fourth-order valence-electron chi connectivity index (χ4n) is 2.70. The van der Waals surface area contributed by atoms with Crippen molar-refractivity contribution in [2.75, 3.05) is 0 Å². The van der Waals surface area contributed by atoms with Gasteiger partial charge in [-0.2, -0.15) is 0 Å². The number of hydrogen-bond acceptors (Lipinski definition) is 3. The number of nitrogens with zero attached hydrogens (tertiary/aromatic N) is 3. The Morgan fingerprint density at radius 2 is 1.59 bits per heavy atom. The number of nitrogens with one attached hydrogen (secondary N) is 1. The van der Waals surface area contributed by atoms with Crippen LogP contribution in [0, 0.1) is 0 Å². The van der Waals surface area contributed by atoms with Crippen LogP contribution in [0.5, 0.6) is 0 Å². The Morgan fingerprint density at radius 1 is 0.909 bits per heavy atom. The minimum atomic E-state index is -0.722. The molecule has 0 aliphatic rings. The van der Waals surface area contributed by atoms with Gasteiger partial charge < -0.3 is 4.57 Å². The van der Waals surface area contributed by atoms with Crippen LogP contribution in [0.15, 0.2) is 64.2 Å². The second-order valence-electron chi connectivity index (χ2n) is 5.05. The lowest BCUT2D eigenvalue weighted by Crippen LogP contribution is -2.33. The molecule has 2 aromatic heterocycles. The zero-order valence-electron chi connectivity index (χ0n) is 11.6. The Bertz CT molecular complexity index is 1090. The molecule has 0 atom stereocenters. The van der Waals surface area contributed by atoms with E-state index in [-0.39, 0.29) is 0 Å². The van der Waals surface area contributed by atoms with Crippen LogP contribution in [-0.2, 0) is 6.54 Å². The van der Waals surface area contributed by atoms with Gasteiger partial charge in [-0.05, 0) is 17.7 Å². The van der Waals surface area contributed by atoms with Crippen molar-refractivity contribution in [1.82, 2.24) is 19.2 Å². The Kier molecular flexibility index (Phi) is 2.69. The molecule has 2 aromatic carbocycles. The predicted molar refractivity (Wildman–Crippen MR) is 83.1 cm³/mol. The fraction of sp³-hybridized carbons (Fsp3) is 0.0625. The van der Waals surface area contributed by atoms with Gasteiger partial charge in [0.2, 0.25) is 5.78 Å². The van der Waals surface area contributed by atoms with E-state index >= 15 is 0 Å². The van der Waals surface area contributed by atoms with Gasteiger partial charge in [-0.25, -0.2) is 9.50 Å². The monoisotopic (exact) mass is 292 g/mol. The van der Waals surface area contributed by atoms with Crippen LogP contribution in [0.1, 0.15) is 5.56 Å². The molecule has 4 aromatic rings. The summed E-state index contributed by atoms with van der Waals surface area (Å²) in [5, 5.41) is 6.33. The first kappa shape index (κ1) is 12.6. The maximum Gasteiger partial charge on any atom is 0.330 e. The quantitative estimate of drug-likeness (QED) is 0.567. The highest BCUT2D eigenvalue weighted by atomic mass is 16.2. The van der Waals surface area contributed by atoms with Crippen molar-refractivity contribution in [2.45, 2.75) is 6.54 Å². The van der Waals surface area contributed by atoms with E-state index in [1.54, 1.807) is 0 Å². The zero-order chi connectivity index (χ0) is 15.1. The number of para-hydroxylation sites is 2. The van der Waals surface area contributed by atoms with Crippen LogP contribution < -0.4 is 11.1 Å². The Morgan fingerprint density at radius 3 is 2.36 bits per heavy atom. The number of imidazole rings is 1. The lowest BCUT2D eigenvalue weighted by molar-refractivity contribution is 0.798. The smallest absolute Gasteiger partial charge is 0.304 e. The van der Waals surface area contributed by atoms with Gasteiger partial charge in [-0.15, -0.1) is 5.10 Å². The number of aromatic amines is 1. The minimum absolute atomic E-state index is 0.426. The highest BCUT2D eigenvalue weighted by Gasteiger charge is 2.14. The molecule has 0 fully saturated rings. The van der Waals surface area contributed by atoms with E-state index in [4.69, 9.17) is 0 Å². The van der Waals surface area contributed by atoms with Gasteiger partial charge in [0.05, 0.1) is 17.6 Å². The molecular formula is C16H12N4O2. The Hall–Kier alpha value is -3.15. The second-order valence-corrected chi connectivity index (χ2v) is 5.05. The lowest BCUT2D eigenvalue weighted by Gasteiger charge is -2.05. The lowest BCUT2D eigenvalue weighted by atomic mass is 10.2. The van der Waals surface area contributed by atoms with Crippen LogP contribution >= 0.6 is 0 Å².